The normalized spacial score (nSPS) is 17.3. The Hall–Kier alpha value is -3.73. The van der Waals surface area contributed by atoms with Crippen molar-refractivity contribution in [3.63, 3.8) is 0 Å². The number of aromatic nitrogens is 2. The molecular formula is C29H30F4N2O5. The number of hydrogen-bond acceptors (Lipinski definition) is 6. The topological polar surface area (TPSA) is 102 Å². The van der Waals surface area contributed by atoms with E-state index < -0.39 is 23.2 Å². The summed E-state index contributed by atoms with van der Waals surface area (Å²) >= 11 is 0. The number of benzene rings is 1. The molecule has 5 rings (SSSR count). The molecule has 1 fully saturated rings. The molecule has 40 heavy (non-hydrogen) atoms. The van der Waals surface area contributed by atoms with Crippen molar-refractivity contribution in [1.29, 1.82) is 0 Å². The van der Waals surface area contributed by atoms with Gasteiger partial charge in [0.05, 0.1) is 17.8 Å². The summed E-state index contributed by atoms with van der Waals surface area (Å²) in [6.07, 6.45) is -0.462. The van der Waals surface area contributed by atoms with Crippen LogP contribution in [0.2, 0.25) is 0 Å². The Morgan fingerprint density at radius 1 is 1.10 bits per heavy atom. The van der Waals surface area contributed by atoms with E-state index in [0.29, 0.717) is 35.9 Å². The summed E-state index contributed by atoms with van der Waals surface area (Å²) in [5.74, 6) is 0.811. The number of halogens is 4. The standard InChI is InChI=1S/C28H28F4N2O3.CH2O2/c1-15-19(4-5-25(34-15)36-7-6-27(2,3)35)21-10-18(24(29)12-23(21)28(30,31)32)14-37-26-11-17-8-16-9-20(16)22(17)13-33-26;2-1-3/h4-5,10-13,16,20,35H,6-9,14H2,1-3H3;1H,(H,2,3). The zero-order chi connectivity index (χ0) is 29.2. The van der Waals surface area contributed by atoms with Gasteiger partial charge in [-0.25, -0.2) is 14.4 Å². The number of alkyl halides is 3. The van der Waals surface area contributed by atoms with Crippen molar-refractivity contribution >= 4 is 6.47 Å². The highest BCUT2D eigenvalue weighted by atomic mass is 19.4. The minimum atomic E-state index is -4.77. The molecule has 0 saturated heterocycles. The summed E-state index contributed by atoms with van der Waals surface area (Å²) in [6.45, 7) is 4.54. The third-order valence-corrected chi connectivity index (χ3v) is 6.99. The summed E-state index contributed by atoms with van der Waals surface area (Å²) in [6, 6.07) is 6.45. The number of aryl methyl sites for hydroxylation is 1. The molecule has 2 aliphatic rings. The van der Waals surface area contributed by atoms with E-state index in [4.69, 9.17) is 19.4 Å². The first kappa shape index (κ1) is 29.3. The first-order chi connectivity index (χ1) is 18.8. The Bertz CT molecular complexity index is 1390. The van der Waals surface area contributed by atoms with Gasteiger partial charge in [-0.15, -0.1) is 0 Å². The molecule has 0 bridgehead atoms. The molecule has 2 N–H and O–H groups in total. The van der Waals surface area contributed by atoms with Crippen LogP contribution < -0.4 is 9.47 Å². The second-order valence-electron chi connectivity index (χ2n) is 10.6. The lowest BCUT2D eigenvalue weighted by Gasteiger charge is -2.18. The highest BCUT2D eigenvalue weighted by Crippen LogP contribution is 2.56. The van der Waals surface area contributed by atoms with Crippen LogP contribution in [0.25, 0.3) is 11.1 Å². The van der Waals surface area contributed by atoms with Gasteiger partial charge in [0, 0.05) is 41.6 Å². The Labute approximate surface area is 228 Å². The van der Waals surface area contributed by atoms with Gasteiger partial charge in [-0.2, -0.15) is 13.2 Å². The molecule has 1 aromatic carbocycles. The van der Waals surface area contributed by atoms with Crippen molar-refractivity contribution in [2.24, 2.45) is 5.92 Å². The molecule has 2 aromatic heterocycles. The summed E-state index contributed by atoms with van der Waals surface area (Å²) in [5.41, 5.74) is 0.688. The number of fused-ring (bicyclic) bond motifs is 3. The Morgan fingerprint density at radius 2 is 1.82 bits per heavy atom. The third kappa shape index (κ3) is 6.88. The molecular weight excluding hydrogens is 532 g/mol. The number of nitrogens with zero attached hydrogens (tertiary/aromatic N) is 2. The van der Waals surface area contributed by atoms with Gasteiger partial charge in [0.2, 0.25) is 11.8 Å². The zero-order valence-corrected chi connectivity index (χ0v) is 22.3. The van der Waals surface area contributed by atoms with E-state index in [-0.39, 0.29) is 42.3 Å². The summed E-state index contributed by atoms with van der Waals surface area (Å²) in [4.78, 5) is 16.9. The maximum Gasteiger partial charge on any atom is 0.417 e. The first-order valence-electron chi connectivity index (χ1n) is 12.7. The van der Waals surface area contributed by atoms with Crippen LogP contribution >= 0.6 is 0 Å². The molecule has 11 heteroatoms. The fourth-order valence-electron chi connectivity index (χ4n) is 4.86. The highest BCUT2D eigenvalue weighted by molar-refractivity contribution is 5.71. The minimum Gasteiger partial charge on any atom is -0.483 e. The van der Waals surface area contributed by atoms with E-state index in [0.717, 1.165) is 6.42 Å². The van der Waals surface area contributed by atoms with E-state index in [2.05, 4.69) is 9.97 Å². The van der Waals surface area contributed by atoms with Crippen LogP contribution in [0.15, 0.2) is 36.5 Å². The van der Waals surface area contributed by atoms with Gasteiger partial charge in [0.15, 0.2) is 0 Å². The molecule has 214 valence electrons. The van der Waals surface area contributed by atoms with Crippen LogP contribution in [0.3, 0.4) is 0 Å². The third-order valence-electron chi connectivity index (χ3n) is 6.99. The number of aliphatic hydroxyl groups is 1. The molecule has 1 saturated carbocycles. The smallest absolute Gasteiger partial charge is 0.417 e. The number of rotatable bonds is 8. The van der Waals surface area contributed by atoms with Gasteiger partial charge >= 0.3 is 6.18 Å². The number of carbonyl (C=O) groups is 1. The molecule has 0 radical (unpaired) electrons. The van der Waals surface area contributed by atoms with Gasteiger partial charge in [-0.3, -0.25) is 4.79 Å². The maximum absolute atomic E-state index is 14.8. The lowest BCUT2D eigenvalue weighted by molar-refractivity contribution is -0.137. The van der Waals surface area contributed by atoms with Gasteiger partial charge in [0.1, 0.15) is 12.4 Å². The van der Waals surface area contributed by atoms with Crippen LogP contribution in [0.4, 0.5) is 17.6 Å². The largest absolute Gasteiger partial charge is 0.483 e. The molecule has 2 aliphatic carbocycles. The second kappa shape index (κ2) is 11.4. The van der Waals surface area contributed by atoms with E-state index in [9.17, 15) is 22.7 Å². The molecule has 7 nitrogen and oxygen atoms in total. The zero-order valence-electron chi connectivity index (χ0n) is 22.3. The lowest BCUT2D eigenvalue weighted by Crippen LogP contribution is -2.22. The Morgan fingerprint density at radius 3 is 2.48 bits per heavy atom. The number of pyridine rings is 2. The number of carboxylic acid groups (broad SMARTS) is 1. The predicted molar refractivity (Wildman–Crippen MR) is 138 cm³/mol. The Balaban J connectivity index is 0.00000118. The van der Waals surface area contributed by atoms with E-state index >= 15 is 0 Å². The Kier molecular flexibility index (Phi) is 8.34. The molecule has 0 amide bonds. The van der Waals surface area contributed by atoms with Crippen molar-refractivity contribution in [2.75, 3.05) is 6.61 Å². The molecule has 3 aromatic rings. The van der Waals surface area contributed by atoms with Crippen LogP contribution in [0.1, 0.15) is 60.6 Å². The average Bonchev–Trinajstić information content (AvgIpc) is 3.53. The van der Waals surface area contributed by atoms with E-state index in [1.54, 1.807) is 27.0 Å². The second-order valence-corrected chi connectivity index (χ2v) is 10.6. The van der Waals surface area contributed by atoms with Gasteiger partial charge in [-0.05, 0) is 80.3 Å². The number of ether oxygens (including phenoxy) is 2. The molecule has 0 spiro atoms. The van der Waals surface area contributed by atoms with Crippen LogP contribution in [-0.2, 0) is 24.0 Å². The van der Waals surface area contributed by atoms with Crippen molar-refractivity contribution in [3.05, 3.63) is 70.3 Å². The lowest BCUT2D eigenvalue weighted by atomic mass is 9.95. The van der Waals surface area contributed by atoms with Crippen molar-refractivity contribution in [2.45, 2.75) is 64.3 Å². The van der Waals surface area contributed by atoms with Crippen LogP contribution in [0.5, 0.6) is 11.8 Å². The van der Waals surface area contributed by atoms with Crippen molar-refractivity contribution in [3.8, 4) is 22.9 Å². The molecule has 2 unspecified atom stereocenters. The summed E-state index contributed by atoms with van der Waals surface area (Å²) < 4.78 is 67.7. The molecule has 2 atom stereocenters. The quantitative estimate of drug-likeness (QED) is 0.253. The van der Waals surface area contributed by atoms with Crippen molar-refractivity contribution in [1.82, 2.24) is 9.97 Å². The van der Waals surface area contributed by atoms with E-state index in [1.165, 1.54) is 35.7 Å². The maximum atomic E-state index is 14.8. The SMILES string of the molecule is Cc1nc(OCCC(C)(C)O)ccc1-c1cc(COc2cc3c(cn2)C2CC2C3)c(F)cc1C(F)(F)F.O=CO. The molecule has 2 heterocycles. The fraction of sp³-hybridized carbons (Fsp3) is 0.414. The van der Waals surface area contributed by atoms with Crippen LogP contribution in [-0.4, -0.2) is 38.9 Å². The average molecular weight is 563 g/mol. The van der Waals surface area contributed by atoms with Gasteiger partial charge < -0.3 is 19.7 Å². The first-order valence-corrected chi connectivity index (χ1v) is 12.7. The summed E-state index contributed by atoms with van der Waals surface area (Å²) in [5, 5.41) is 16.7. The van der Waals surface area contributed by atoms with Gasteiger partial charge in [-0.1, -0.05) is 0 Å². The predicted octanol–water partition coefficient (Wildman–Crippen LogP) is 6.09. The van der Waals surface area contributed by atoms with Gasteiger partial charge in [0.25, 0.3) is 6.47 Å². The molecule has 0 aliphatic heterocycles. The van der Waals surface area contributed by atoms with E-state index in [1.807, 2.05) is 6.07 Å². The minimum absolute atomic E-state index is 0.0157. The number of hydrogen-bond donors (Lipinski definition) is 2. The summed E-state index contributed by atoms with van der Waals surface area (Å²) in [7, 11) is 0. The monoisotopic (exact) mass is 562 g/mol. The fourth-order valence-corrected chi connectivity index (χ4v) is 4.86. The van der Waals surface area contributed by atoms with Crippen molar-refractivity contribution < 1.29 is 42.0 Å². The highest BCUT2D eigenvalue weighted by Gasteiger charge is 2.45. The van der Waals surface area contributed by atoms with Crippen LogP contribution in [0, 0.1) is 18.7 Å².